The molecule has 0 radical (unpaired) electrons. The molecular formula is C18H18ClNO3. The summed E-state index contributed by atoms with van der Waals surface area (Å²) in [5.74, 6) is -0.944. The quantitative estimate of drug-likeness (QED) is 0.857. The standard InChI is InChI=1S/C18H18ClNO3/c1-11-4-7-14(8-5-11)18(22)23-13(3)17(21)20-15-9-6-12(2)16(19)10-15/h4-10,13H,1-3H3,(H,20,21)/t13-/m0/s1. The highest BCUT2D eigenvalue weighted by Gasteiger charge is 2.19. The van der Waals surface area contributed by atoms with Gasteiger partial charge < -0.3 is 10.1 Å². The van der Waals surface area contributed by atoms with Crippen LogP contribution in [-0.2, 0) is 9.53 Å². The van der Waals surface area contributed by atoms with Crippen molar-refractivity contribution in [2.24, 2.45) is 0 Å². The van der Waals surface area contributed by atoms with Gasteiger partial charge in [0.1, 0.15) is 0 Å². The predicted octanol–water partition coefficient (Wildman–Crippen LogP) is 4.14. The summed E-state index contributed by atoms with van der Waals surface area (Å²) in [4.78, 5) is 24.1. The molecular weight excluding hydrogens is 314 g/mol. The number of aryl methyl sites for hydroxylation is 2. The molecule has 0 bridgehead atoms. The first-order chi connectivity index (χ1) is 10.9. The molecule has 0 aliphatic carbocycles. The number of hydrogen-bond acceptors (Lipinski definition) is 3. The summed E-state index contributed by atoms with van der Waals surface area (Å²) >= 11 is 6.02. The highest BCUT2D eigenvalue weighted by Crippen LogP contribution is 2.20. The van der Waals surface area contributed by atoms with Crippen LogP contribution in [0.2, 0.25) is 5.02 Å². The zero-order valence-corrected chi connectivity index (χ0v) is 14.0. The molecule has 1 N–H and O–H groups in total. The van der Waals surface area contributed by atoms with E-state index in [9.17, 15) is 9.59 Å². The SMILES string of the molecule is Cc1ccc(C(=O)O[C@@H](C)C(=O)Nc2ccc(C)c(Cl)c2)cc1. The van der Waals surface area contributed by atoms with E-state index in [4.69, 9.17) is 16.3 Å². The molecule has 120 valence electrons. The summed E-state index contributed by atoms with van der Waals surface area (Å²) in [5, 5.41) is 3.24. The number of ether oxygens (including phenoxy) is 1. The van der Waals surface area contributed by atoms with Crippen LogP contribution in [0.15, 0.2) is 42.5 Å². The monoisotopic (exact) mass is 331 g/mol. The highest BCUT2D eigenvalue weighted by atomic mass is 35.5. The minimum Gasteiger partial charge on any atom is -0.449 e. The summed E-state index contributed by atoms with van der Waals surface area (Å²) in [6.07, 6.45) is -0.913. The molecule has 0 saturated heterocycles. The van der Waals surface area contributed by atoms with Gasteiger partial charge >= 0.3 is 5.97 Å². The molecule has 2 aromatic carbocycles. The molecule has 0 unspecified atom stereocenters. The average molecular weight is 332 g/mol. The number of esters is 1. The van der Waals surface area contributed by atoms with Crippen molar-refractivity contribution in [1.29, 1.82) is 0 Å². The van der Waals surface area contributed by atoms with Crippen LogP contribution < -0.4 is 5.32 Å². The van der Waals surface area contributed by atoms with E-state index in [0.717, 1.165) is 11.1 Å². The van der Waals surface area contributed by atoms with Crippen LogP contribution in [0.5, 0.6) is 0 Å². The Morgan fingerprint density at radius 2 is 1.74 bits per heavy atom. The van der Waals surface area contributed by atoms with Gasteiger partial charge in [0, 0.05) is 10.7 Å². The molecule has 0 spiro atoms. The molecule has 2 aromatic rings. The van der Waals surface area contributed by atoms with E-state index in [0.29, 0.717) is 16.3 Å². The molecule has 0 saturated carbocycles. The molecule has 0 fully saturated rings. The van der Waals surface area contributed by atoms with Gasteiger partial charge in [-0.05, 0) is 50.6 Å². The Hall–Kier alpha value is -2.33. The van der Waals surface area contributed by atoms with Gasteiger partial charge in [-0.15, -0.1) is 0 Å². The van der Waals surface area contributed by atoms with E-state index < -0.39 is 18.0 Å². The van der Waals surface area contributed by atoms with Gasteiger partial charge in [-0.1, -0.05) is 35.4 Å². The molecule has 0 aromatic heterocycles. The summed E-state index contributed by atoms with van der Waals surface area (Å²) < 4.78 is 5.18. The second kappa shape index (κ2) is 7.29. The van der Waals surface area contributed by atoms with Crippen molar-refractivity contribution in [3.8, 4) is 0 Å². The fourth-order valence-corrected chi connectivity index (χ4v) is 2.07. The van der Waals surface area contributed by atoms with Crippen LogP contribution in [0.25, 0.3) is 0 Å². The summed E-state index contributed by atoms with van der Waals surface area (Å²) in [5.41, 5.74) is 2.93. The molecule has 0 heterocycles. The Bertz CT molecular complexity index is 726. The van der Waals surface area contributed by atoms with Crippen molar-refractivity contribution >= 4 is 29.2 Å². The number of nitrogens with one attached hydrogen (secondary N) is 1. The fourth-order valence-electron chi connectivity index (χ4n) is 1.89. The fraction of sp³-hybridized carbons (Fsp3) is 0.222. The lowest BCUT2D eigenvalue weighted by molar-refractivity contribution is -0.123. The number of halogens is 1. The first kappa shape index (κ1) is 17.0. The zero-order valence-electron chi connectivity index (χ0n) is 13.2. The van der Waals surface area contributed by atoms with Crippen LogP contribution in [0.4, 0.5) is 5.69 Å². The third kappa shape index (κ3) is 4.57. The lowest BCUT2D eigenvalue weighted by Crippen LogP contribution is -2.30. The van der Waals surface area contributed by atoms with Crippen LogP contribution in [0.3, 0.4) is 0 Å². The number of anilines is 1. The topological polar surface area (TPSA) is 55.4 Å². The van der Waals surface area contributed by atoms with Crippen molar-refractivity contribution in [2.75, 3.05) is 5.32 Å². The number of carbonyl (C=O) groups excluding carboxylic acids is 2. The van der Waals surface area contributed by atoms with Crippen LogP contribution >= 0.6 is 11.6 Å². The number of benzene rings is 2. The maximum atomic E-state index is 12.1. The van der Waals surface area contributed by atoms with Crippen LogP contribution in [0, 0.1) is 13.8 Å². The van der Waals surface area contributed by atoms with Gasteiger partial charge in [-0.3, -0.25) is 4.79 Å². The highest BCUT2D eigenvalue weighted by molar-refractivity contribution is 6.31. The van der Waals surface area contributed by atoms with Gasteiger partial charge in [0.05, 0.1) is 5.56 Å². The van der Waals surface area contributed by atoms with Crippen LogP contribution in [0.1, 0.15) is 28.4 Å². The van der Waals surface area contributed by atoms with Gasteiger partial charge in [0.15, 0.2) is 6.10 Å². The molecule has 0 aliphatic heterocycles. The van der Waals surface area contributed by atoms with Gasteiger partial charge in [0.2, 0.25) is 0 Å². The van der Waals surface area contributed by atoms with Crippen molar-refractivity contribution in [3.05, 3.63) is 64.2 Å². The van der Waals surface area contributed by atoms with Gasteiger partial charge in [-0.2, -0.15) is 0 Å². The Balaban J connectivity index is 1.97. The lowest BCUT2D eigenvalue weighted by Gasteiger charge is -2.14. The molecule has 1 atom stereocenters. The Morgan fingerprint density at radius 1 is 1.09 bits per heavy atom. The van der Waals surface area contributed by atoms with E-state index in [1.165, 1.54) is 6.92 Å². The summed E-state index contributed by atoms with van der Waals surface area (Å²) in [7, 11) is 0. The Morgan fingerprint density at radius 3 is 2.35 bits per heavy atom. The summed E-state index contributed by atoms with van der Waals surface area (Å²) in [6, 6.07) is 12.2. The van der Waals surface area contributed by atoms with Crippen molar-refractivity contribution in [2.45, 2.75) is 26.9 Å². The molecule has 23 heavy (non-hydrogen) atoms. The normalized spacial score (nSPS) is 11.7. The minimum atomic E-state index is -0.913. The second-order valence-electron chi connectivity index (χ2n) is 5.37. The van der Waals surface area contributed by atoms with E-state index in [1.807, 2.05) is 26.0 Å². The molecule has 1 amide bonds. The molecule has 0 aliphatic rings. The maximum Gasteiger partial charge on any atom is 0.338 e. The van der Waals surface area contributed by atoms with Crippen molar-refractivity contribution in [3.63, 3.8) is 0 Å². The Labute approximate surface area is 140 Å². The van der Waals surface area contributed by atoms with Gasteiger partial charge in [-0.25, -0.2) is 4.79 Å². The third-order valence-electron chi connectivity index (χ3n) is 3.38. The number of rotatable bonds is 4. The van der Waals surface area contributed by atoms with E-state index in [2.05, 4.69) is 5.32 Å². The predicted molar refractivity (Wildman–Crippen MR) is 90.9 cm³/mol. The van der Waals surface area contributed by atoms with Crippen molar-refractivity contribution < 1.29 is 14.3 Å². The number of amides is 1. The third-order valence-corrected chi connectivity index (χ3v) is 3.79. The van der Waals surface area contributed by atoms with E-state index >= 15 is 0 Å². The molecule has 4 nitrogen and oxygen atoms in total. The molecule has 2 rings (SSSR count). The van der Waals surface area contributed by atoms with E-state index in [-0.39, 0.29) is 0 Å². The average Bonchev–Trinajstić information content (AvgIpc) is 2.51. The second-order valence-corrected chi connectivity index (χ2v) is 5.77. The molecule has 5 heteroatoms. The van der Waals surface area contributed by atoms with Crippen LogP contribution in [-0.4, -0.2) is 18.0 Å². The number of hydrogen-bond donors (Lipinski definition) is 1. The summed E-state index contributed by atoms with van der Waals surface area (Å²) in [6.45, 7) is 5.33. The largest absolute Gasteiger partial charge is 0.449 e. The zero-order chi connectivity index (χ0) is 17.0. The van der Waals surface area contributed by atoms with Crippen molar-refractivity contribution in [1.82, 2.24) is 0 Å². The first-order valence-corrected chi connectivity index (χ1v) is 7.59. The minimum absolute atomic E-state index is 0.411. The Kier molecular flexibility index (Phi) is 5.40. The number of carbonyl (C=O) groups is 2. The smallest absolute Gasteiger partial charge is 0.338 e. The lowest BCUT2D eigenvalue weighted by atomic mass is 10.1. The van der Waals surface area contributed by atoms with Gasteiger partial charge in [0.25, 0.3) is 5.91 Å². The first-order valence-electron chi connectivity index (χ1n) is 7.21. The van der Waals surface area contributed by atoms with E-state index in [1.54, 1.807) is 30.3 Å². The maximum absolute atomic E-state index is 12.1.